The highest BCUT2D eigenvalue weighted by Crippen LogP contribution is 2.44. The standard InChI is InChI=1S/C19H18F3N5O3S/c1-18(21,22)19(6-4-11-2-3-11)13-9-14(20)12(8-15(13)24-17(28)25-19)10-27-7-5-16(26-27)31(23,29)30/h5,7-9,11H,2-3,10H2,1H3,(H2,23,29,30)(H2,24,25,28)/t19-/m0/s1. The molecule has 31 heavy (non-hydrogen) atoms. The number of nitrogens with two attached hydrogens (primary N) is 1. The second-order valence-electron chi connectivity index (χ2n) is 7.65. The number of rotatable bonds is 4. The first-order valence-corrected chi connectivity index (χ1v) is 10.8. The number of nitrogens with zero attached hydrogens (tertiary/aromatic N) is 2. The number of hydrogen-bond acceptors (Lipinski definition) is 4. The fraction of sp³-hybridized carbons (Fsp3) is 0.368. The molecule has 0 saturated heterocycles. The van der Waals surface area contributed by atoms with Crippen LogP contribution < -0.4 is 15.8 Å². The number of alkyl halides is 2. The van der Waals surface area contributed by atoms with E-state index < -0.39 is 38.4 Å². The Morgan fingerprint density at radius 2 is 2.10 bits per heavy atom. The number of sulfonamides is 1. The normalized spacial score (nSPS) is 20.9. The van der Waals surface area contributed by atoms with E-state index in [0.717, 1.165) is 29.7 Å². The maximum absolute atomic E-state index is 14.9. The molecule has 4 N–H and O–H groups in total. The van der Waals surface area contributed by atoms with E-state index in [9.17, 15) is 26.4 Å². The summed E-state index contributed by atoms with van der Waals surface area (Å²) in [5.41, 5.74) is -2.61. The largest absolute Gasteiger partial charge is 0.320 e. The molecule has 1 aromatic carbocycles. The van der Waals surface area contributed by atoms with E-state index in [0.29, 0.717) is 6.92 Å². The number of benzene rings is 1. The quantitative estimate of drug-likeness (QED) is 0.615. The fourth-order valence-corrected chi connectivity index (χ4v) is 3.76. The lowest BCUT2D eigenvalue weighted by Crippen LogP contribution is -2.59. The van der Waals surface area contributed by atoms with Gasteiger partial charge in [0.1, 0.15) is 5.82 Å². The zero-order valence-electron chi connectivity index (χ0n) is 16.2. The molecule has 8 nitrogen and oxygen atoms in total. The maximum atomic E-state index is 14.9. The molecule has 1 saturated carbocycles. The summed E-state index contributed by atoms with van der Waals surface area (Å²) in [7, 11) is -4.04. The van der Waals surface area contributed by atoms with E-state index in [1.165, 1.54) is 12.3 Å². The van der Waals surface area contributed by atoms with Crippen LogP contribution in [0.25, 0.3) is 0 Å². The molecule has 0 bridgehead atoms. The van der Waals surface area contributed by atoms with Crippen LogP contribution in [-0.2, 0) is 22.1 Å². The van der Waals surface area contributed by atoms with E-state index in [1.54, 1.807) is 0 Å². The van der Waals surface area contributed by atoms with Gasteiger partial charge in [-0.1, -0.05) is 11.8 Å². The minimum atomic E-state index is -4.04. The van der Waals surface area contributed by atoms with Crippen molar-refractivity contribution in [3.05, 3.63) is 41.3 Å². The molecule has 1 atom stereocenters. The van der Waals surface area contributed by atoms with Crippen molar-refractivity contribution in [2.45, 2.75) is 42.8 Å². The zero-order chi connectivity index (χ0) is 22.6. The molecule has 0 unspecified atom stereocenters. The first-order chi connectivity index (χ1) is 14.4. The van der Waals surface area contributed by atoms with Gasteiger partial charge in [-0.3, -0.25) is 4.68 Å². The van der Waals surface area contributed by atoms with Gasteiger partial charge in [-0.15, -0.1) is 0 Å². The molecule has 1 fully saturated rings. The molecule has 12 heteroatoms. The molecule has 4 rings (SSSR count). The Morgan fingerprint density at radius 3 is 2.68 bits per heavy atom. The third kappa shape index (κ3) is 3.98. The van der Waals surface area contributed by atoms with Gasteiger partial charge in [0, 0.05) is 35.9 Å². The number of carbonyl (C=O) groups excluding carboxylic acids is 1. The highest BCUT2D eigenvalue weighted by atomic mass is 32.2. The molecule has 1 aliphatic heterocycles. The first kappa shape index (κ1) is 21.2. The Kier molecular flexibility index (Phi) is 4.79. The first-order valence-electron chi connectivity index (χ1n) is 9.28. The number of urea groups is 1. The third-order valence-corrected chi connectivity index (χ3v) is 5.88. The summed E-state index contributed by atoms with van der Waals surface area (Å²) < 4.78 is 68.2. The van der Waals surface area contributed by atoms with E-state index in [1.807, 2.05) is 0 Å². The summed E-state index contributed by atoms with van der Waals surface area (Å²) in [4.78, 5) is 12.2. The van der Waals surface area contributed by atoms with Crippen molar-refractivity contribution in [3.8, 4) is 11.8 Å². The zero-order valence-corrected chi connectivity index (χ0v) is 17.1. The van der Waals surface area contributed by atoms with E-state index in [-0.39, 0.29) is 29.3 Å². The Morgan fingerprint density at radius 1 is 1.39 bits per heavy atom. The summed E-state index contributed by atoms with van der Waals surface area (Å²) in [6.07, 6.45) is 2.86. The smallest absolute Gasteiger partial charge is 0.312 e. The number of carbonyl (C=O) groups is 1. The average molecular weight is 453 g/mol. The number of hydrogen-bond donors (Lipinski definition) is 3. The lowest BCUT2D eigenvalue weighted by Gasteiger charge is -2.40. The topological polar surface area (TPSA) is 119 Å². The summed E-state index contributed by atoms with van der Waals surface area (Å²) in [5.74, 6) is 0.876. The van der Waals surface area contributed by atoms with Gasteiger partial charge in [-0.2, -0.15) is 5.10 Å². The molecular weight excluding hydrogens is 435 g/mol. The number of fused-ring (bicyclic) bond motifs is 1. The second kappa shape index (κ2) is 7.00. The molecule has 0 spiro atoms. The van der Waals surface area contributed by atoms with Gasteiger partial charge in [-0.05, 0) is 31.0 Å². The maximum Gasteiger partial charge on any atom is 0.320 e. The van der Waals surface area contributed by atoms with Gasteiger partial charge in [0.2, 0.25) is 0 Å². The summed E-state index contributed by atoms with van der Waals surface area (Å²) >= 11 is 0. The molecule has 2 heterocycles. The molecule has 1 aromatic heterocycles. The van der Waals surface area contributed by atoms with Crippen LogP contribution in [0.1, 0.15) is 30.9 Å². The Bertz CT molecular complexity index is 1240. The molecule has 0 radical (unpaired) electrons. The number of primary sulfonamides is 1. The van der Waals surface area contributed by atoms with Crippen molar-refractivity contribution in [1.29, 1.82) is 0 Å². The van der Waals surface area contributed by atoms with Crippen molar-refractivity contribution in [3.63, 3.8) is 0 Å². The van der Waals surface area contributed by atoms with Crippen LogP contribution >= 0.6 is 0 Å². The van der Waals surface area contributed by atoms with Gasteiger partial charge in [0.15, 0.2) is 10.6 Å². The van der Waals surface area contributed by atoms with Crippen molar-refractivity contribution < 1.29 is 26.4 Å². The van der Waals surface area contributed by atoms with Crippen LogP contribution in [-0.4, -0.2) is 30.2 Å². The second-order valence-corrected chi connectivity index (χ2v) is 9.16. The van der Waals surface area contributed by atoms with E-state index >= 15 is 0 Å². The molecule has 1 aliphatic carbocycles. The van der Waals surface area contributed by atoms with Gasteiger partial charge < -0.3 is 10.6 Å². The van der Waals surface area contributed by atoms with Crippen molar-refractivity contribution in [2.24, 2.45) is 11.1 Å². The Balaban J connectivity index is 1.78. The van der Waals surface area contributed by atoms with Crippen molar-refractivity contribution in [1.82, 2.24) is 15.1 Å². The third-order valence-electron chi connectivity index (χ3n) is 5.08. The average Bonchev–Trinajstić information content (AvgIpc) is 3.35. The molecule has 2 aliphatic rings. The summed E-state index contributed by atoms with van der Waals surface area (Å²) in [6.45, 7) is 0.398. The predicted octanol–water partition coefficient (Wildman–Crippen LogP) is 2.12. The lowest BCUT2D eigenvalue weighted by molar-refractivity contribution is -0.0465. The van der Waals surface area contributed by atoms with Gasteiger partial charge >= 0.3 is 6.03 Å². The molecule has 164 valence electrons. The Hall–Kier alpha value is -3.04. The molecular formula is C19H18F3N5O3S. The molecule has 2 amide bonds. The minimum absolute atomic E-state index is 0.00603. The van der Waals surface area contributed by atoms with Gasteiger partial charge in [-0.25, -0.2) is 31.5 Å². The van der Waals surface area contributed by atoms with Crippen molar-refractivity contribution in [2.75, 3.05) is 5.32 Å². The number of aromatic nitrogens is 2. The van der Waals surface area contributed by atoms with Crippen LogP contribution in [0.3, 0.4) is 0 Å². The van der Waals surface area contributed by atoms with E-state index in [2.05, 4.69) is 27.6 Å². The minimum Gasteiger partial charge on any atom is -0.312 e. The fourth-order valence-electron chi connectivity index (χ4n) is 3.29. The van der Waals surface area contributed by atoms with E-state index in [4.69, 9.17) is 5.14 Å². The predicted molar refractivity (Wildman–Crippen MR) is 104 cm³/mol. The highest BCUT2D eigenvalue weighted by Gasteiger charge is 2.55. The van der Waals surface area contributed by atoms with Crippen LogP contribution in [0.5, 0.6) is 0 Å². The van der Waals surface area contributed by atoms with Gasteiger partial charge in [0.05, 0.1) is 6.54 Å². The monoisotopic (exact) mass is 453 g/mol. The number of anilines is 1. The Labute approximate surface area is 176 Å². The van der Waals surface area contributed by atoms with Crippen LogP contribution in [0.4, 0.5) is 23.7 Å². The molecule has 2 aromatic rings. The summed E-state index contributed by atoms with van der Waals surface area (Å²) in [5, 5.41) is 13.0. The number of halogens is 3. The highest BCUT2D eigenvalue weighted by molar-refractivity contribution is 7.89. The van der Waals surface area contributed by atoms with Crippen LogP contribution in [0.15, 0.2) is 29.4 Å². The van der Waals surface area contributed by atoms with Crippen LogP contribution in [0, 0.1) is 23.6 Å². The SMILES string of the molecule is CC(F)(F)[C@@]1(C#CC2CC2)NC(=O)Nc2cc(Cn3ccc(S(N)(=O)=O)n3)c(F)cc21. The van der Waals surface area contributed by atoms with Crippen molar-refractivity contribution >= 4 is 21.7 Å². The van der Waals surface area contributed by atoms with Gasteiger partial charge in [0.25, 0.3) is 15.9 Å². The summed E-state index contributed by atoms with van der Waals surface area (Å²) in [6, 6.07) is 2.36. The van der Waals surface area contributed by atoms with Crippen LogP contribution in [0.2, 0.25) is 0 Å². The number of amides is 2. The lowest BCUT2D eigenvalue weighted by atomic mass is 9.81. The number of nitrogens with one attached hydrogen (secondary N) is 2.